The van der Waals surface area contributed by atoms with E-state index in [-0.39, 0.29) is 22.9 Å². The fraction of sp³-hybridized carbons (Fsp3) is 0.143. The van der Waals surface area contributed by atoms with Gasteiger partial charge in [-0.15, -0.1) is 0 Å². The second kappa shape index (κ2) is 8.33. The normalized spacial score (nSPS) is 11.2. The van der Waals surface area contributed by atoms with Gasteiger partial charge in [-0.3, -0.25) is 9.78 Å². The van der Waals surface area contributed by atoms with Gasteiger partial charge in [0.25, 0.3) is 5.91 Å². The standard InChI is InChI=1S/C21H21N3O3S/c1-15-7-5-11-20(16(15)2)24-21(25)17-8-6-10-19(13-17)28(26,27)23-14-18-9-3-4-12-22-18/h3-13,23H,14H2,1-2H3,(H,24,25). The van der Waals surface area contributed by atoms with Crippen molar-refractivity contribution < 1.29 is 13.2 Å². The molecular weight excluding hydrogens is 374 g/mol. The first-order valence-corrected chi connectivity index (χ1v) is 10.2. The van der Waals surface area contributed by atoms with Crippen LogP contribution in [0.3, 0.4) is 0 Å². The lowest BCUT2D eigenvalue weighted by atomic mass is 10.1. The van der Waals surface area contributed by atoms with E-state index in [1.165, 1.54) is 12.1 Å². The number of aromatic nitrogens is 1. The second-order valence-corrected chi connectivity index (χ2v) is 8.14. The molecule has 3 rings (SSSR count). The van der Waals surface area contributed by atoms with Crippen LogP contribution < -0.4 is 10.0 Å². The molecule has 0 spiro atoms. The lowest BCUT2D eigenvalue weighted by Crippen LogP contribution is -2.24. The first kappa shape index (κ1) is 19.7. The van der Waals surface area contributed by atoms with E-state index >= 15 is 0 Å². The van der Waals surface area contributed by atoms with Crippen molar-refractivity contribution in [3.05, 3.63) is 89.2 Å². The Morgan fingerprint density at radius 2 is 1.79 bits per heavy atom. The molecule has 0 atom stereocenters. The van der Waals surface area contributed by atoms with Crippen LogP contribution >= 0.6 is 0 Å². The van der Waals surface area contributed by atoms with Gasteiger partial charge < -0.3 is 5.32 Å². The van der Waals surface area contributed by atoms with Crippen molar-refractivity contribution in [2.75, 3.05) is 5.32 Å². The highest BCUT2D eigenvalue weighted by Gasteiger charge is 2.17. The van der Waals surface area contributed by atoms with Crippen LogP contribution in [0.25, 0.3) is 0 Å². The molecule has 0 aliphatic rings. The van der Waals surface area contributed by atoms with Gasteiger partial charge in [0.05, 0.1) is 17.1 Å². The minimum Gasteiger partial charge on any atom is -0.322 e. The highest BCUT2D eigenvalue weighted by molar-refractivity contribution is 7.89. The Balaban J connectivity index is 1.77. The molecule has 0 fully saturated rings. The summed E-state index contributed by atoms with van der Waals surface area (Å²) in [6, 6.07) is 16.9. The van der Waals surface area contributed by atoms with E-state index in [0.29, 0.717) is 11.4 Å². The van der Waals surface area contributed by atoms with Gasteiger partial charge in [0, 0.05) is 17.4 Å². The summed E-state index contributed by atoms with van der Waals surface area (Å²) in [5.41, 5.74) is 3.60. The Bertz CT molecular complexity index is 1100. The number of carbonyl (C=O) groups excluding carboxylic acids is 1. The van der Waals surface area contributed by atoms with E-state index in [0.717, 1.165) is 11.1 Å². The van der Waals surface area contributed by atoms with E-state index in [2.05, 4.69) is 15.0 Å². The number of amides is 1. The first-order valence-electron chi connectivity index (χ1n) is 8.74. The Morgan fingerprint density at radius 3 is 2.54 bits per heavy atom. The molecule has 28 heavy (non-hydrogen) atoms. The number of benzene rings is 2. The summed E-state index contributed by atoms with van der Waals surface area (Å²) < 4.78 is 27.6. The number of pyridine rings is 1. The molecule has 1 amide bonds. The molecule has 1 heterocycles. The monoisotopic (exact) mass is 395 g/mol. The molecule has 6 nitrogen and oxygen atoms in total. The van der Waals surface area contributed by atoms with Crippen LogP contribution in [0.15, 0.2) is 71.8 Å². The molecule has 2 aromatic carbocycles. The van der Waals surface area contributed by atoms with Gasteiger partial charge in [-0.1, -0.05) is 24.3 Å². The number of anilines is 1. The minimum absolute atomic E-state index is 0.0250. The summed E-state index contributed by atoms with van der Waals surface area (Å²) in [5, 5.41) is 2.84. The molecule has 0 bridgehead atoms. The molecular formula is C21H21N3O3S. The summed E-state index contributed by atoms with van der Waals surface area (Å²) in [7, 11) is -3.77. The zero-order valence-corrected chi connectivity index (χ0v) is 16.5. The zero-order chi connectivity index (χ0) is 20.1. The van der Waals surface area contributed by atoms with Gasteiger partial charge in [-0.05, 0) is 61.4 Å². The van der Waals surface area contributed by atoms with E-state index in [4.69, 9.17) is 0 Å². The molecule has 0 saturated carbocycles. The quantitative estimate of drug-likeness (QED) is 0.669. The average Bonchev–Trinajstić information content (AvgIpc) is 2.71. The van der Waals surface area contributed by atoms with Gasteiger partial charge >= 0.3 is 0 Å². The van der Waals surface area contributed by atoms with Crippen LogP contribution in [0, 0.1) is 13.8 Å². The lowest BCUT2D eigenvalue weighted by Gasteiger charge is -2.11. The van der Waals surface area contributed by atoms with Crippen molar-refractivity contribution in [2.45, 2.75) is 25.3 Å². The smallest absolute Gasteiger partial charge is 0.255 e. The highest BCUT2D eigenvalue weighted by Crippen LogP contribution is 2.20. The number of sulfonamides is 1. The molecule has 1 aromatic heterocycles. The van der Waals surface area contributed by atoms with Gasteiger partial charge in [-0.25, -0.2) is 13.1 Å². The number of nitrogens with one attached hydrogen (secondary N) is 2. The van der Waals surface area contributed by atoms with E-state index in [1.807, 2.05) is 32.0 Å². The fourth-order valence-corrected chi connectivity index (χ4v) is 3.68. The molecule has 7 heteroatoms. The number of nitrogens with zero attached hydrogens (tertiary/aromatic N) is 1. The molecule has 0 unspecified atom stereocenters. The number of carbonyl (C=O) groups is 1. The second-order valence-electron chi connectivity index (χ2n) is 6.38. The summed E-state index contributed by atoms with van der Waals surface area (Å²) in [6.07, 6.45) is 1.60. The summed E-state index contributed by atoms with van der Waals surface area (Å²) in [6.45, 7) is 3.96. The van der Waals surface area contributed by atoms with Gasteiger partial charge in [-0.2, -0.15) is 0 Å². The fourth-order valence-electron chi connectivity index (χ4n) is 2.64. The van der Waals surface area contributed by atoms with Gasteiger partial charge in [0.2, 0.25) is 10.0 Å². The van der Waals surface area contributed by atoms with Crippen LogP contribution in [0.4, 0.5) is 5.69 Å². The minimum atomic E-state index is -3.77. The van der Waals surface area contributed by atoms with Gasteiger partial charge in [0.15, 0.2) is 0 Å². The van der Waals surface area contributed by atoms with E-state index in [1.54, 1.807) is 36.5 Å². The predicted molar refractivity (Wildman–Crippen MR) is 109 cm³/mol. The van der Waals surface area contributed by atoms with Crippen LogP contribution in [-0.4, -0.2) is 19.3 Å². The van der Waals surface area contributed by atoms with Gasteiger partial charge in [0.1, 0.15) is 0 Å². The number of rotatable bonds is 6. The lowest BCUT2D eigenvalue weighted by molar-refractivity contribution is 0.102. The van der Waals surface area contributed by atoms with Crippen molar-refractivity contribution in [1.82, 2.24) is 9.71 Å². The topological polar surface area (TPSA) is 88.2 Å². The zero-order valence-electron chi connectivity index (χ0n) is 15.6. The summed E-state index contributed by atoms with van der Waals surface area (Å²) in [4.78, 5) is 16.7. The van der Waals surface area contributed by atoms with Crippen molar-refractivity contribution in [3.63, 3.8) is 0 Å². The Morgan fingerprint density at radius 1 is 1.00 bits per heavy atom. The van der Waals surface area contributed by atoms with Crippen LogP contribution in [0.2, 0.25) is 0 Å². The third-order valence-electron chi connectivity index (χ3n) is 4.43. The van der Waals surface area contributed by atoms with Crippen molar-refractivity contribution in [1.29, 1.82) is 0 Å². The van der Waals surface area contributed by atoms with Crippen molar-refractivity contribution in [3.8, 4) is 0 Å². The van der Waals surface area contributed by atoms with E-state index < -0.39 is 10.0 Å². The maximum Gasteiger partial charge on any atom is 0.255 e. The number of hydrogen-bond donors (Lipinski definition) is 2. The molecule has 0 aliphatic carbocycles. The molecule has 0 radical (unpaired) electrons. The molecule has 2 N–H and O–H groups in total. The van der Waals surface area contributed by atoms with Crippen LogP contribution in [0.1, 0.15) is 27.2 Å². The average molecular weight is 395 g/mol. The maximum atomic E-state index is 12.6. The molecule has 0 aliphatic heterocycles. The number of hydrogen-bond acceptors (Lipinski definition) is 4. The predicted octanol–water partition coefficient (Wildman–Crippen LogP) is 3.43. The van der Waals surface area contributed by atoms with Crippen molar-refractivity contribution in [2.24, 2.45) is 0 Å². The Hall–Kier alpha value is -3.03. The third-order valence-corrected chi connectivity index (χ3v) is 5.83. The largest absolute Gasteiger partial charge is 0.322 e. The first-order chi connectivity index (χ1) is 13.4. The van der Waals surface area contributed by atoms with Crippen molar-refractivity contribution >= 4 is 21.6 Å². The Labute approximate surface area is 164 Å². The molecule has 144 valence electrons. The van der Waals surface area contributed by atoms with E-state index in [9.17, 15) is 13.2 Å². The van der Waals surface area contributed by atoms with Crippen LogP contribution in [0.5, 0.6) is 0 Å². The number of aryl methyl sites for hydroxylation is 1. The summed E-state index contributed by atoms with van der Waals surface area (Å²) >= 11 is 0. The maximum absolute atomic E-state index is 12.6. The summed E-state index contributed by atoms with van der Waals surface area (Å²) in [5.74, 6) is -0.365. The molecule has 0 saturated heterocycles. The molecule has 3 aromatic rings. The highest BCUT2D eigenvalue weighted by atomic mass is 32.2. The van der Waals surface area contributed by atoms with Crippen LogP contribution in [-0.2, 0) is 16.6 Å². The SMILES string of the molecule is Cc1cccc(NC(=O)c2cccc(S(=O)(=O)NCc3ccccn3)c2)c1C. The Kier molecular flexibility index (Phi) is 5.87. The third kappa shape index (κ3) is 4.62.